The van der Waals surface area contributed by atoms with Gasteiger partial charge < -0.3 is 14.7 Å². The van der Waals surface area contributed by atoms with E-state index >= 15 is 0 Å². The first-order valence-corrected chi connectivity index (χ1v) is 7.81. The monoisotopic (exact) mass is 287 g/mol. The highest BCUT2D eigenvalue weighted by molar-refractivity contribution is 5.95. The summed E-state index contributed by atoms with van der Waals surface area (Å²) in [7, 11) is 6.20. The van der Waals surface area contributed by atoms with E-state index in [0.717, 1.165) is 30.9 Å². The lowest BCUT2D eigenvalue weighted by molar-refractivity contribution is 0.0742. The molecule has 2 unspecified atom stereocenters. The third kappa shape index (κ3) is 2.91. The van der Waals surface area contributed by atoms with Crippen LogP contribution in [-0.2, 0) is 0 Å². The molecule has 4 heteroatoms. The topological polar surface area (TPSA) is 26.8 Å². The van der Waals surface area contributed by atoms with Crippen LogP contribution in [0, 0.1) is 5.92 Å². The van der Waals surface area contributed by atoms with Crippen LogP contribution in [0.2, 0.25) is 0 Å². The number of hydrogen-bond acceptors (Lipinski definition) is 3. The van der Waals surface area contributed by atoms with E-state index < -0.39 is 0 Å². The molecular formula is C17H25N3O. The van der Waals surface area contributed by atoms with Crippen LogP contribution in [0.1, 0.15) is 23.2 Å². The Morgan fingerprint density at radius 3 is 2.71 bits per heavy atom. The molecule has 2 atom stereocenters. The molecule has 1 amide bonds. The lowest BCUT2D eigenvalue weighted by atomic mass is 9.96. The van der Waals surface area contributed by atoms with Crippen molar-refractivity contribution in [2.45, 2.75) is 18.9 Å². The zero-order valence-electron chi connectivity index (χ0n) is 13.2. The number of fused-ring (bicyclic) bond motifs is 4. The van der Waals surface area contributed by atoms with Crippen molar-refractivity contribution in [1.82, 2.24) is 9.80 Å². The van der Waals surface area contributed by atoms with Gasteiger partial charge in [0, 0.05) is 51.0 Å². The minimum Gasteiger partial charge on any atom is -0.378 e. The number of benzene rings is 1. The molecule has 0 spiro atoms. The smallest absolute Gasteiger partial charge is 0.253 e. The number of anilines is 1. The molecule has 0 N–H and O–H groups in total. The van der Waals surface area contributed by atoms with E-state index in [1.165, 1.54) is 12.8 Å². The van der Waals surface area contributed by atoms with Gasteiger partial charge in [0.1, 0.15) is 0 Å². The average molecular weight is 287 g/mol. The van der Waals surface area contributed by atoms with E-state index in [0.29, 0.717) is 12.0 Å². The first-order chi connectivity index (χ1) is 10.0. The predicted octanol–water partition coefficient (Wildman–Crippen LogP) is 1.92. The summed E-state index contributed by atoms with van der Waals surface area (Å²) in [5, 5.41) is 0. The second-order valence-corrected chi connectivity index (χ2v) is 6.69. The number of hydrogen-bond donors (Lipinski definition) is 0. The van der Waals surface area contributed by atoms with Crippen LogP contribution in [0.3, 0.4) is 0 Å². The molecule has 3 aliphatic rings. The molecule has 3 saturated heterocycles. The number of likely N-dealkylation sites (N-methyl/N-ethyl adjacent to an activating group) is 1. The van der Waals surface area contributed by atoms with Gasteiger partial charge in [-0.15, -0.1) is 0 Å². The third-order valence-corrected chi connectivity index (χ3v) is 4.88. The Hall–Kier alpha value is -1.55. The molecule has 0 saturated carbocycles. The van der Waals surface area contributed by atoms with E-state index in [1.54, 1.807) is 0 Å². The van der Waals surface area contributed by atoms with Gasteiger partial charge in [0.15, 0.2) is 0 Å². The maximum absolute atomic E-state index is 12.8. The number of rotatable bonds is 2. The Kier molecular flexibility index (Phi) is 3.89. The van der Waals surface area contributed by atoms with Gasteiger partial charge in [-0.2, -0.15) is 0 Å². The molecule has 1 aromatic carbocycles. The van der Waals surface area contributed by atoms with Crippen molar-refractivity contribution < 1.29 is 4.79 Å². The van der Waals surface area contributed by atoms with Crippen LogP contribution in [-0.4, -0.2) is 62.5 Å². The van der Waals surface area contributed by atoms with E-state index in [-0.39, 0.29) is 5.91 Å². The third-order valence-electron chi connectivity index (χ3n) is 4.88. The van der Waals surface area contributed by atoms with Gasteiger partial charge in [-0.25, -0.2) is 0 Å². The number of amides is 1. The van der Waals surface area contributed by atoms with E-state index in [1.807, 2.05) is 43.3 Å². The van der Waals surface area contributed by atoms with E-state index in [9.17, 15) is 4.79 Å². The lowest BCUT2D eigenvalue weighted by Crippen LogP contribution is -2.41. The van der Waals surface area contributed by atoms with Crippen molar-refractivity contribution in [3.05, 3.63) is 29.8 Å². The van der Waals surface area contributed by atoms with Crippen molar-refractivity contribution >= 4 is 11.6 Å². The van der Waals surface area contributed by atoms with Crippen LogP contribution in [0.15, 0.2) is 24.3 Å². The highest BCUT2D eigenvalue weighted by atomic mass is 16.2. The van der Waals surface area contributed by atoms with Gasteiger partial charge in [0.2, 0.25) is 0 Å². The van der Waals surface area contributed by atoms with Gasteiger partial charge in [-0.05, 0) is 44.0 Å². The van der Waals surface area contributed by atoms with Gasteiger partial charge in [-0.1, -0.05) is 6.07 Å². The molecular weight excluding hydrogens is 262 g/mol. The Balaban J connectivity index is 1.80. The maximum atomic E-state index is 12.8. The fourth-order valence-corrected chi connectivity index (χ4v) is 3.58. The summed E-state index contributed by atoms with van der Waals surface area (Å²) in [4.78, 5) is 19.4. The van der Waals surface area contributed by atoms with Gasteiger partial charge >= 0.3 is 0 Å². The summed E-state index contributed by atoms with van der Waals surface area (Å²) < 4.78 is 0. The molecule has 0 radical (unpaired) electrons. The summed E-state index contributed by atoms with van der Waals surface area (Å²) in [5.74, 6) is 0.820. The summed E-state index contributed by atoms with van der Waals surface area (Å²) in [5.41, 5.74) is 1.89. The van der Waals surface area contributed by atoms with Gasteiger partial charge in [0.05, 0.1) is 0 Å². The van der Waals surface area contributed by atoms with Crippen LogP contribution in [0.25, 0.3) is 0 Å². The van der Waals surface area contributed by atoms with Gasteiger partial charge in [-0.3, -0.25) is 4.79 Å². The molecule has 4 nitrogen and oxygen atoms in total. The van der Waals surface area contributed by atoms with Crippen molar-refractivity contribution in [2.24, 2.45) is 5.92 Å². The number of carbonyl (C=O) groups is 1. The fourth-order valence-electron chi connectivity index (χ4n) is 3.58. The molecule has 3 heterocycles. The summed E-state index contributed by atoms with van der Waals surface area (Å²) in [6, 6.07) is 8.48. The normalized spacial score (nSPS) is 25.8. The molecule has 3 fully saturated rings. The maximum Gasteiger partial charge on any atom is 0.253 e. The Bertz CT molecular complexity index is 529. The zero-order chi connectivity index (χ0) is 15.0. The van der Waals surface area contributed by atoms with Crippen molar-refractivity contribution in [2.75, 3.05) is 45.7 Å². The molecule has 0 aliphatic carbocycles. The van der Waals surface area contributed by atoms with Crippen LogP contribution < -0.4 is 4.90 Å². The predicted molar refractivity (Wildman–Crippen MR) is 85.8 cm³/mol. The first-order valence-electron chi connectivity index (χ1n) is 7.81. The summed E-state index contributed by atoms with van der Waals surface area (Å²) in [6.45, 7) is 2.91. The molecule has 1 aromatic rings. The SMILES string of the molecule is CN(C)c1cccc(C(=O)N2CC3CCC(C2)N(C)C3)c1. The molecule has 21 heavy (non-hydrogen) atoms. The first kappa shape index (κ1) is 14.4. The van der Waals surface area contributed by atoms with Crippen LogP contribution >= 0.6 is 0 Å². The molecule has 3 aliphatic heterocycles. The zero-order valence-corrected chi connectivity index (χ0v) is 13.2. The second kappa shape index (κ2) is 5.68. The quantitative estimate of drug-likeness (QED) is 0.831. The van der Waals surface area contributed by atoms with E-state index in [4.69, 9.17) is 0 Å². The Morgan fingerprint density at radius 1 is 1.19 bits per heavy atom. The average Bonchev–Trinajstić information content (AvgIpc) is 2.77. The molecule has 114 valence electrons. The van der Waals surface area contributed by atoms with E-state index in [2.05, 4.69) is 16.8 Å². The minimum atomic E-state index is 0.186. The Labute approximate surface area is 127 Å². The Morgan fingerprint density at radius 2 is 2.00 bits per heavy atom. The highest BCUT2D eigenvalue weighted by Crippen LogP contribution is 2.28. The number of carbonyl (C=O) groups excluding carboxylic acids is 1. The number of piperidine rings is 1. The van der Waals surface area contributed by atoms with Crippen molar-refractivity contribution in [3.63, 3.8) is 0 Å². The molecule has 0 aromatic heterocycles. The lowest BCUT2D eigenvalue weighted by Gasteiger charge is -2.32. The number of nitrogens with zero attached hydrogens (tertiary/aromatic N) is 3. The largest absolute Gasteiger partial charge is 0.378 e. The van der Waals surface area contributed by atoms with Gasteiger partial charge in [0.25, 0.3) is 5.91 Å². The van der Waals surface area contributed by atoms with Crippen molar-refractivity contribution in [3.8, 4) is 0 Å². The molecule has 4 rings (SSSR count). The van der Waals surface area contributed by atoms with Crippen LogP contribution in [0.5, 0.6) is 0 Å². The standard InChI is InChI=1S/C17H25N3O/c1-18(2)15-6-4-5-14(9-15)17(21)20-11-13-7-8-16(12-20)19(3)10-13/h4-6,9,13,16H,7-8,10-12H2,1-3H3. The second-order valence-electron chi connectivity index (χ2n) is 6.69. The highest BCUT2D eigenvalue weighted by Gasteiger charge is 2.34. The summed E-state index contributed by atoms with van der Waals surface area (Å²) >= 11 is 0. The summed E-state index contributed by atoms with van der Waals surface area (Å²) in [6.07, 6.45) is 2.49. The fraction of sp³-hybridized carbons (Fsp3) is 0.588. The van der Waals surface area contributed by atoms with Crippen LogP contribution in [0.4, 0.5) is 5.69 Å². The van der Waals surface area contributed by atoms with Crippen molar-refractivity contribution in [1.29, 1.82) is 0 Å². The minimum absolute atomic E-state index is 0.186. The molecule has 2 bridgehead atoms.